The summed E-state index contributed by atoms with van der Waals surface area (Å²) in [5.41, 5.74) is 6.73. The van der Waals surface area contributed by atoms with Crippen molar-refractivity contribution >= 4 is 23.2 Å². The van der Waals surface area contributed by atoms with Crippen LogP contribution in [0.5, 0.6) is 11.5 Å². The van der Waals surface area contributed by atoms with Crippen molar-refractivity contribution in [3.05, 3.63) is 45.6 Å². The van der Waals surface area contributed by atoms with Crippen LogP contribution in [0, 0.1) is 0 Å². The molecule has 27 heavy (non-hydrogen) atoms. The maximum absolute atomic E-state index is 12.4. The Labute approximate surface area is 162 Å². The number of carbonyl (C=O) groups is 2. The van der Waals surface area contributed by atoms with Crippen LogP contribution in [-0.4, -0.2) is 24.5 Å². The van der Waals surface area contributed by atoms with E-state index >= 15 is 0 Å². The predicted octanol–water partition coefficient (Wildman–Crippen LogP) is 3.25. The quantitative estimate of drug-likeness (QED) is 0.745. The molecule has 0 fully saturated rings. The van der Waals surface area contributed by atoms with Crippen molar-refractivity contribution in [2.45, 2.75) is 45.6 Å². The summed E-state index contributed by atoms with van der Waals surface area (Å²) >= 11 is 1.62. The molecule has 0 radical (unpaired) electrons. The number of benzene rings is 1. The molecule has 144 valence electrons. The number of carbonyl (C=O) groups excluding carboxylic acids is 2. The molecule has 1 unspecified atom stereocenters. The first-order chi connectivity index (χ1) is 13.1. The number of amides is 2. The zero-order chi connectivity index (χ0) is 19.2. The normalized spacial score (nSPS) is 14.0. The molecular formula is C20H24N2O4S. The Morgan fingerprint density at radius 2 is 1.81 bits per heavy atom. The molecule has 1 aliphatic carbocycles. The van der Waals surface area contributed by atoms with Crippen molar-refractivity contribution < 1.29 is 19.1 Å². The molecule has 0 spiro atoms. The largest absolute Gasteiger partial charge is 0.494 e. The van der Waals surface area contributed by atoms with E-state index in [9.17, 15) is 9.59 Å². The lowest BCUT2D eigenvalue weighted by atomic mass is 9.96. The van der Waals surface area contributed by atoms with Crippen molar-refractivity contribution in [2.75, 3.05) is 6.61 Å². The zero-order valence-electron chi connectivity index (χ0n) is 15.5. The Morgan fingerprint density at radius 1 is 1.11 bits per heavy atom. The first kappa shape index (κ1) is 19.2. The summed E-state index contributed by atoms with van der Waals surface area (Å²) in [5.74, 6) is 0.602. The lowest BCUT2D eigenvalue weighted by molar-refractivity contribution is -0.128. The average Bonchev–Trinajstić information content (AvgIpc) is 3.12. The van der Waals surface area contributed by atoms with E-state index in [4.69, 9.17) is 9.47 Å². The fourth-order valence-corrected chi connectivity index (χ4v) is 4.14. The zero-order valence-corrected chi connectivity index (χ0v) is 16.4. The second-order valence-electron chi connectivity index (χ2n) is 6.37. The van der Waals surface area contributed by atoms with E-state index in [-0.39, 0.29) is 5.91 Å². The highest BCUT2D eigenvalue weighted by Crippen LogP contribution is 2.30. The van der Waals surface area contributed by atoms with Gasteiger partial charge in [-0.2, -0.15) is 0 Å². The van der Waals surface area contributed by atoms with Gasteiger partial charge in [-0.25, -0.2) is 0 Å². The van der Waals surface area contributed by atoms with Gasteiger partial charge in [-0.15, -0.1) is 11.3 Å². The van der Waals surface area contributed by atoms with Gasteiger partial charge in [0.05, 0.1) is 12.2 Å². The van der Waals surface area contributed by atoms with E-state index in [1.807, 2.05) is 12.3 Å². The van der Waals surface area contributed by atoms with Crippen LogP contribution in [0.15, 0.2) is 29.6 Å². The molecule has 0 saturated heterocycles. The number of nitrogens with one attached hydrogen (secondary N) is 2. The summed E-state index contributed by atoms with van der Waals surface area (Å²) in [6.45, 7) is 4.13. The third kappa shape index (κ3) is 4.80. The van der Waals surface area contributed by atoms with Crippen LogP contribution in [0.4, 0.5) is 0 Å². The van der Waals surface area contributed by atoms with Gasteiger partial charge >= 0.3 is 0 Å². The first-order valence-electron chi connectivity index (χ1n) is 9.17. The molecule has 3 rings (SSSR count). The molecule has 0 aliphatic heterocycles. The second kappa shape index (κ2) is 8.90. The number of hydrogen-bond donors (Lipinski definition) is 2. The summed E-state index contributed by atoms with van der Waals surface area (Å²) < 4.78 is 11.0. The number of thiophene rings is 1. The average molecular weight is 388 g/mol. The van der Waals surface area contributed by atoms with Crippen LogP contribution in [0.1, 0.15) is 47.5 Å². The van der Waals surface area contributed by atoms with E-state index in [1.54, 1.807) is 42.5 Å². The number of hydrazine groups is 1. The van der Waals surface area contributed by atoms with Gasteiger partial charge in [-0.05, 0) is 69.4 Å². The molecule has 0 bridgehead atoms. The van der Waals surface area contributed by atoms with Gasteiger partial charge in [0.2, 0.25) is 0 Å². The maximum Gasteiger partial charge on any atom is 0.279 e. The number of fused-ring (bicyclic) bond motifs is 1. The lowest BCUT2D eigenvalue weighted by Gasteiger charge is -2.16. The first-order valence-corrected chi connectivity index (χ1v) is 10.1. The van der Waals surface area contributed by atoms with E-state index in [0.29, 0.717) is 17.9 Å². The molecule has 2 N–H and O–H groups in total. The van der Waals surface area contributed by atoms with Crippen molar-refractivity contribution in [3.63, 3.8) is 0 Å². The Balaban J connectivity index is 1.51. The minimum absolute atomic E-state index is 0.281. The van der Waals surface area contributed by atoms with Crippen molar-refractivity contribution in [1.82, 2.24) is 10.9 Å². The van der Waals surface area contributed by atoms with E-state index in [1.165, 1.54) is 11.3 Å². The van der Waals surface area contributed by atoms with Crippen LogP contribution in [-0.2, 0) is 17.6 Å². The summed E-state index contributed by atoms with van der Waals surface area (Å²) in [4.78, 5) is 25.9. The van der Waals surface area contributed by atoms with Gasteiger partial charge in [0, 0.05) is 10.3 Å². The Morgan fingerprint density at radius 3 is 2.56 bits per heavy atom. The lowest BCUT2D eigenvalue weighted by Crippen LogP contribution is -2.47. The molecule has 0 saturated carbocycles. The molecule has 2 aromatic rings. The number of rotatable bonds is 6. The van der Waals surface area contributed by atoms with Gasteiger partial charge in [0.15, 0.2) is 6.10 Å². The molecule has 1 aliphatic rings. The smallest absolute Gasteiger partial charge is 0.279 e. The van der Waals surface area contributed by atoms with Gasteiger partial charge in [-0.1, -0.05) is 0 Å². The molecule has 1 aromatic heterocycles. The highest BCUT2D eigenvalue weighted by molar-refractivity contribution is 7.10. The minimum Gasteiger partial charge on any atom is -0.494 e. The van der Waals surface area contributed by atoms with Crippen LogP contribution in [0.2, 0.25) is 0 Å². The van der Waals surface area contributed by atoms with Gasteiger partial charge in [0.1, 0.15) is 11.5 Å². The monoisotopic (exact) mass is 388 g/mol. The SMILES string of the molecule is CCOc1ccc(OC(C)C(=O)NNC(=O)c2csc3c2CCCC3)cc1. The van der Waals surface area contributed by atoms with Crippen molar-refractivity contribution in [2.24, 2.45) is 0 Å². The molecule has 2 amide bonds. The maximum atomic E-state index is 12.4. The molecule has 7 heteroatoms. The predicted molar refractivity (Wildman–Crippen MR) is 104 cm³/mol. The van der Waals surface area contributed by atoms with Crippen molar-refractivity contribution in [1.29, 1.82) is 0 Å². The highest BCUT2D eigenvalue weighted by Gasteiger charge is 2.21. The number of hydrogen-bond acceptors (Lipinski definition) is 5. The topological polar surface area (TPSA) is 76.7 Å². The van der Waals surface area contributed by atoms with Crippen LogP contribution < -0.4 is 20.3 Å². The molecule has 1 heterocycles. The highest BCUT2D eigenvalue weighted by atomic mass is 32.1. The second-order valence-corrected chi connectivity index (χ2v) is 7.33. The summed E-state index contributed by atoms with van der Waals surface area (Å²) in [5, 5.41) is 1.87. The Hall–Kier alpha value is -2.54. The van der Waals surface area contributed by atoms with E-state index in [2.05, 4.69) is 10.9 Å². The fraction of sp³-hybridized carbons (Fsp3) is 0.400. The third-order valence-electron chi connectivity index (χ3n) is 4.42. The molecule has 1 aromatic carbocycles. The van der Waals surface area contributed by atoms with Crippen LogP contribution >= 0.6 is 11.3 Å². The number of aryl methyl sites for hydroxylation is 1. The van der Waals surface area contributed by atoms with Crippen molar-refractivity contribution in [3.8, 4) is 11.5 Å². The molecular weight excluding hydrogens is 364 g/mol. The van der Waals surface area contributed by atoms with Gasteiger partial charge in [-0.3, -0.25) is 20.4 Å². The summed E-state index contributed by atoms with van der Waals surface area (Å²) in [6, 6.07) is 7.05. The van der Waals surface area contributed by atoms with Crippen LogP contribution in [0.25, 0.3) is 0 Å². The Bertz CT molecular complexity index is 801. The summed E-state index contributed by atoms with van der Waals surface area (Å²) in [6.07, 6.45) is 3.48. The number of ether oxygens (including phenoxy) is 2. The van der Waals surface area contributed by atoms with Crippen LogP contribution in [0.3, 0.4) is 0 Å². The van der Waals surface area contributed by atoms with E-state index < -0.39 is 12.0 Å². The van der Waals surface area contributed by atoms with E-state index in [0.717, 1.165) is 30.6 Å². The fourth-order valence-electron chi connectivity index (χ4n) is 3.01. The minimum atomic E-state index is -0.750. The van der Waals surface area contributed by atoms with Gasteiger partial charge < -0.3 is 9.47 Å². The standard InChI is InChI=1S/C20H24N2O4S/c1-3-25-14-8-10-15(11-9-14)26-13(2)19(23)21-22-20(24)17-12-27-18-7-5-4-6-16(17)18/h8-13H,3-7H2,1-2H3,(H,21,23)(H,22,24). The van der Waals surface area contributed by atoms with Gasteiger partial charge in [0.25, 0.3) is 11.8 Å². The Kier molecular flexibility index (Phi) is 6.34. The molecule has 6 nitrogen and oxygen atoms in total. The third-order valence-corrected chi connectivity index (χ3v) is 5.51. The summed E-state index contributed by atoms with van der Waals surface area (Å²) in [7, 11) is 0. The molecule has 1 atom stereocenters.